The van der Waals surface area contributed by atoms with E-state index >= 15 is 0 Å². The molecule has 0 aromatic carbocycles. The van der Waals surface area contributed by atoms with Crippen LogP contribution >= 0.6 is 47.0 Å². The zero-order valence-electron chi connectivity index (χ0n) is 32.9. The van der Waals surface area contributed by atoms with Gasteiger partial charge >= 0.3 is 0 Å². The van der Waals surface area contributed by atoms with E-state index in [9.17, 15) is 28.8 Å². The first-order chi connectivity index (χ1) is 25.9. The first kappa shape index (κ1) is 50.8. The largest absolute Gasteiger partial charge is 0.371 e. The molecule has 0 aromatic heterocycles. The van der Waals surface area contributed by atoms with Crippen molar-refractivity contribution >= 4 is 82.0 Å². The van der Waals surface area contributed by atoms with Gasteiger partial charge in [0.1, 0.15) is 38.0 Å². The fraction of sp³-hybridized carbons (Fsp3) is 0.833. The number of thioether (sulfide) groups is 4. The van der Waals surface area contributed by atoms with Gasteiger partial charge in [0.15, 0.2) is 11.6 Å². The van der Waals surface area contributed by atoms with E-state index in [4.69, 9.17) is 18.9 Å². The molecule has 0 aromatic rings. The summed E-state index contributed by atoms with van der Waals surface area (Å²) >= 11 is 7.40. The molecule has 2 saturated carbocycles. The van der Waals surface area contributed by atoms with Crippen LogP contribution in [0.3, 0.4) is 0 Å². The summed E-state index contributed by atoms with van der Waals surface area (Å²) in [5.41, 5.74) is 0. The fourth-order valence-corrected chi connectivity index (χ4v) is 11.7. The minimum absolute atomic E-state index is 0.0145. The molecule has 54 heavy (non-hydrogen) atoms. The van der Waals surface area contributed by atoms with E-state index in [1.807, 2.05) is 25.9 Å². The van der Waals surface area contributed by atoms with E-state index in [2.05, 4.69) is 33.0 Å². The quantitative estimate of drug-likeness (QED) is 0.0714. The highest BCUT2D eigenvalue weighted by atomic mass is 32.2. The highest BCUT2D eigenvalue weighted by Crippen LogP contribution is 2.50. The Hall–Kier alpha value is -1.22. The van der Waals surface area contributed by atoms with Crippen molar-refractivity contribution in [2.45, 2.75) is 61.5 Å². The zero-order chi connectivity index (χ0) is 40.1. The lowest BCUT2D eigenvalue weighted by atomic mass is 9.68. The number of hydrogen-bond donors (Lipinski definition) is 4. The van der Waals surface area contributed by atoms with Gasteiger partial charge in [0, 0.05) is 82.0 Å². The Morgan fingerprint density at radius 2 is 0.833 bits per heavy atom. The van der Waals surface area contributed by atoms with Crippen molar-refractivity contribution in [3.63, 3.8) is 0 Å². The minimum atomic E-state index is -0.242. The third-order valence-corrected chi connectivity index (χ3v) is 14.2. The monoisotopic (exact) mass is 840 g/mol. The van der Waals surface area contributed by atoms with Crippen LogP contribution in [-0.2, 0) is 47.7 Å². The van der Waals surface area contributed by atoms with Crippen LogP contribution in [0.25, 0.3) is 0 Å². The smallest absolute Gasteiger partial charge is 0.246 e. The molecule has 6 unspecified atom stereocenters. The normalized spacial score (nSPS) is 21.5. The van der Waals surface area contributed by atoms with E-state index < -0.39 is 0 Å². The number of hydrogen-bond acceptors (Lipinski definition) is 16. The summed E-state index contributed by atoms with van der Waals surface area (Å²) in [4.78, 5) is 69.0. The molecule has 18 heteroatoms. The van der Waals surface area contributed by atoms with Crippen molar-refractivity contribution in [2.24, 2.45) is 11.8 Å². The SMILES string of the molecule is CNCCSC1C(SCCNC(=O)COCCOCC(C)=O)C(C(C)=O)C1C(C)=O.CNCCSC1CCC1SCCNC(=O)COCCOCC(C)=O. The Balaban J connectivity index is 0.000000553. The molecule has 0 saturated heterocycles. The predicted octanol–water partition coefficient (Wildman–Crippen LogP) is 1.51. The standard InChI is InChI=1S/C20H34N2O6S2.C16H30N2O4S2/c1-13(23)11-27-7-8-28-12-16(26)22-6-10-30-20-18(15(3)25)17(14(2)24)19(20)29-9-5-21-4;1-13(19)11-21-7-8-22-12-16(20)18-6-10-24-15-4-3-14(15)23-9-5-17-2/h17-21H,5-12H2,1-4H3,(H,22,26);14-15,17H,3-12H2,1-2H3,(H,18,20). The van der Waals surface area contributed by atoms with Crippen LogP contribution < -0.4 is 21.3 Å². The highest BCUT2D eigenvalue weighted by molar-refractivity contribution is 8.04. The maximum Gasteiger partial charge on any atom is 0.246 e. The van der Waals surface area contributed by atoms with Crippen LogP contribution in [0.15, 0.2) is 0 Å². The summed E-state index contributed by atoms with van der Waals surface area (Å²) < 4.78 is 20.5. The van der Waals surface area contributed by atoms with Crippen molar-refractivity contribution in [1.29, 1.82) is 0 Å². The lowest BCUT2D eigenvalue weighted by molar-refractivity contribution is -0.134. The molecule has 2 amide bonds. The van der Waals surface area contributed by atoms with Gasteiger partial charge in [0.05, 0.1) is 26.4 Å². The van der Waals surface area contributed by atoms with Crippen molar-refractivity contribution < 1.29 is 47.7 Å². The molecule has 0 radical (unpaired) electrons. The Kier molecular flexibility index (Phi) is 29.9. The summed E-state index contributed by atoms with van der Waals surface area (Å²) in [5.74, 6) is 2.95. The summed E-state index contributed by atoms with van der Waals surface area (Å²) in [7, 11) is 3.87. The minimum Gasteiger partial charge on any atom is -0.371 e. The Labute approximate surface area is 339 Å². The van der Waals surface area contributed by atoms with Gasteiger partial charge < -0.3 is 40.2 Å². The third-order valence-electron chi connectivity index (χ3n) is 8.17. The van der Waals surface area contributed by atoms with Gasteiger partial charge in [-0.2, -0.15) is 47.0 Å². The van der Waals surface area contributed by atoms with Gasteiger partial charge in [0.25, 0.3) is 0 Å². The topological polar surface area (TPSA) is 187 Å². The first-order valence-corrected chi connectivity index (χ1v) is 22.7. The number of ether oxygens (including phenoxy) is 4. The molecular formula is C36H64N4O10S4. The molecule has 2 aliphatic carbocycles. The number of ketones is 4. The molecule has 0 bridgehead atoms. The molecule has 0 aliphatic heterocycles. The Bertz CT molecular complexity index is 1130. The number of amides is 2. The Morgan fingerprint density at radius 1 is 0.500 bits per heavy atom. The van der Waals surface area contributed by atoms with Gasteiger partial charge in [-0.05, 0) is 54.6 Å². The van der Waals surface area contributed by atoms with E-state index in [0.717, 1.165) is 35.1 Å². The van der Waals surface area contributed by atoms with Gasteiger partial charge in [-0.15, -0.1) is 0 Å². The summed E-state index contributed by atoms with van der Waals surface area (Å²) in [6.45, 7) is 10.4. The van der Waals surface area contributed by atoms with Gasteiger partial charge in [-0.25, -0.2) is 0 Å². The maximum atomic E-state index is 12.1. The average molecular weight is 841 g/mol. The molecule has 4 N–H and O–H groups in total. The predicted molar refractivity (Wildman–Crippen MR) is 221 cm³/mol. The third kappa shape index (κ3) is 23.1. The molecule has 2 fully saturated rings. The highest BCUT2D eigenvalue weighted by Gasteiger charge is 2.54. The van der Waals surface area contributed by atoms with Gasteiger partial charge in [0.2, 0.25) is 11.8 Å². The Morgan fingerprint density at radius 3 is 1.17 bits per heavy atom. The average Bonchev–Trinajstić information content (AvgIpc) is 3.09. The van der Waals surface area contributed by atoms with Crippen LogP contribution in [-0.4, -0.2) is 172 Å². The number of Topliss-reactive ketones (excluding diaryl/α,β-unsaturated/α-hetero) is 4. The van der Waals surface area contributed by atoms with E-state index in [-0.39, 0.29) is 96.9 Å². The van der Waals surface area contributed by atoms with Gasteiger partial charge in [-0.1, -0.05) is 0 Å². The van der Waals surface area contributed by atoms with Crippen LogP contribution in [0, 0.1) is 11.8 Å². The summed E-state index contributed by atoms with van der Waals surface area (Å²) in [6, 6.07) is 0. The molecule has 6 atom stereocenters. The first-order valence-electron chi connectivity index (χ1n) is 18.5. The van der Waals surface area contributed by atoms with Crippen molar-refractivity contribution in [3.8, 4) is 0 Å². The number of rotatable bonds is 32. The van der Waals surface area contributed by atoms with Gasteiger partial charge in [-0.3, -0.25) is 28.8 Å². The van der Waals surface area contributed by atoms with Crippen LogP contribution in [0.5, 0.6) is 0 Å². The van der Waals surface area contributed by atoms with E-state index in [0.29, 0.717) is 32.1 Å². The van der Waals surface area contributed by atoms with E-state index in [1.54, 1.807) is 37.4 Å². The van der Waals surface area contributed by atoms with Crippen LogP contribution in [0.2, 0.25) is 0 Å². The molecular weight excluding hydrogens is 777 g/mol. The van der Waals surface area contributed by atoms with E-state index in [1.165, 1.54) is 32.4 Å². The van der Waals surface area contributed by atoms with Crippen LogP contribution in [0.4, 0.5) is 0 Å². The lowest BCUT2D eigenvalue weighted by Crippen LogP contribution is -2.58. The molecule has 2 aliphatic rings. The molecule has 2 rings (SSSR count). The fourth-order valence-electron chi connectivity index (χ4n) is 5.35. The number of nitrogens with one attached hydrogen (secondary N) is 4. The second kappa shape index (κ2) is 31.8. The van der Waals surface area contributed by atoms with Crippen LogP contribution in [0.1, 0.15) is 40.5 Å². The second-order valence-electron chi connectivity index (χ2n) is 12.9. The molecule has 0 heterocycles. The van der Waals surface area contributed by atoms with Crippen molar-refractivity contribution in [2.75, 3.05) is 116 Å². The maximum absolute atomic E-state index is 12.1. The second-order valence-corrected chi connectivity index (χ2v) is 18.1. The van der Waals surface area contributed by atoms with Crippen molar-refractivity contribution in [1.82, 2.24) is 21.3 Å². The van der Waals surface area contributed by atoms with Crippen molar-refractivity contribution in [3.05, 3.63) is 0 Å². The molecule has 0 spiro atoms. The number of carbonyl (C=O) groups is 6. The summed E-state index contributed by atoms with van der Waals surface area (Å²) in [5, 5.41) is 13.7. The number of carbonyl (C=O) groups excluding carboxylic acids is 6. The zero-order valence-corrected chi connectivity index (χ0v) is 36.2. The lowest BCUT2D eigenvalue weighted by Gasteiger charge is -2.49. The summed E-state index contributed by atoms with van der Waals surface area (Å²) in [6.07, 6.45) is 2.61. The molecule has 312 valence electrons. The molecule has 14 nitrogen and oxygen atoms in total.